The van der Waals surface area contributed by atoms with Gasteiger partial charge in [-0.25, -0.2) is 14.6 Å². The number of pyridine rings is 1. The Morgan fingerprint density at radius 2 is 2.10 bits per heavy atom. The van der Waals surface area contributed by atoms with Gasteiger partial charge >= 0.3 is 5.69 Å². The van der Waals surface area contributed by atoms with Gasteiger partial charge in [-0.1, -0.05) is 24.3 Å². The minimum Gasteiger partial charge on any atom is -0.368 e. The zero-order chi connectivity index (χ0) is 20.5. The number of imidazole rings is 1. The molecule has 1 aliphatic heterocycles. The summed E-state index contributed by atoms with van der Waals surface area (Å²) in [6.07, 6.45) is 2.05. The van der Waals surface area contributed by atoms with Crippen LogP contribution in [-0.4, -0.2) is 33.2 Å². The lowest BCUT2D eigenvalue weighted by Crippen LogP contribution is -2.43. The number of hydrogen-bond acceptors (Lipinski definition) is 4. The maximum Gasteiger partial charge on any atom is 0.330 e. The molecule has 7 nitrogen and oxygen atoms in total. The first-order valence-electron chi connectivity index (χ1n) is 10.1. The van der Waals surface area contributed by atoms with E-state index in [1.54, 1.807) is 15.2 Å². The van der Waals surface area contributed by atoms with Gasteiger partial charge in [0.2, 0.25) is 0 Å². The predicted molar refractivity (Wildman–Crippen MR) is 116 cm³/mol. The molecule has 0 bridgehead atoms. The molecule has 0 radical (unpaired) electrons. The SMILES string of the molecule is [C-]#[N+]c1ccccc1Cn1c(=O)n(CC)c2nc(C)cc(N3CCC[C@@H](N)C3)c21. The van der Waals surface area contributed by atoms with Crippen LogP contribution in [0.25, 0.3) is 16.0 Å². The van der Waals surface area contributed by atoms with Crippen LogP contribution >= 0.6 is 0 Å². The van der Waals surface area contributed by atoms with Crippen LogP contribution in [0.5, 0.6) is 0 Å². The van der Waals surface area contributed by atoms with Crippen molar-refractivity contribution >= 4 is 22.5 Å². The molecule has 0 saturated carbocycles. The van der Waals surface area contributed by atoms with Gasteiger partial charge in [-0.15, -0.1) is 0 Å². The van der Waals surface area contributed by atoms with Crippen molar-refractivity contribution in [3.63, 3.8) is 0 Å². The average molecular weight is 390 g/mol. The lowest BCUT2D eigenvalue weighted by Gasteiger charge is -2.33. The molecule has 3 aromatic rings. The van der Waals surface area contributed by atoms with Gasteiger partial charge in [0.1, 0.15) is 5.52 Å². The lowest BCUT2D eigenvalue weighted by atomic mass is 10.1. The Hall–Kier alpha value is -3.11. The zero-order valence-corrected chi connectivity index (χ0v) is 16.9. The molecule has 2 N–H and O–H groups in total. The molecular weight excluding hydrogens is 364 g/mol. The van der Waals surface area contributed by atoms with Crippen molar-refractivity contribution in [1.82, 2.24) is 14.1 Å². The Bertz CT molecular complexity index is 1150. The molecule has 0 unspecified atom stereocenters. The second kappa shape index (κ2) is 7.72. The molecule has 1 aromatic carbocycles. The number of rotatable bonds is 4. The van der Waals surface area contributed by atoms with Crippen LogP contribution in [0.1, 0.15) is 31.0 Å². The van der Waals surface area contributed by atoms with E-state index >= 15 is 0 Å². The lowest BCUT2D eigenvalue weighted by molar-refractivity contribution is 0.506. The summed E-state index contributed by atoms with van der Waals surface area (Å²) in [6, 6.07) is 9.63. The molecule has 7 heteroatoms. The number of hydrogen-bond donors (Lipinski definition) is 1. The van der Waals surface area contributed by atoms with Crippen LogP contribution in [0, 0.1) is 13.5 Å². The first kappa shape index (κ1) is 19.2. The molecular formula is C22H26N6O. The molecule has 1 fully saturated rings. The van der Waals surface area contributed by atoms with Crippen LogP contribution in [-0.2, 0) is 13.1 Å². The smallest absolute Gasteiger partial charge is 0.330 e. The number of aromatic nitrogens is 3. The van der Waals surface area contributed by atoms with E-state index in [-0.39, 0.29) is 11.7 Å². The molecule has 2 aromatic heterocycles. The molecule has 3 heterocycles. The van der Waals surface area contributed by atoms with Crippen molar-refractivity contribution in [2.75, 3.05) is 18.0 Å². The first-order chi connectivity index (χ1) is 14.0. The van der Waals surface area contributed by atoms with Gasteiger partial charge in [0, 0.05) is 37.9 Å². The van der Waals surface area contributed by atoms with E-state index in [0.29, 0.717) is 24.4 Å². The largest absolute Gasteiger partial charge is 0.368 e. The van der Waals surface area contributed by atoms with Crippen molar-refractivity contribution in [3.8, 4) is 0 Å². The van der Waals surface area contributed by atoms with E-state index in [0.717, 1.165) is 48.4 Å². The van der Waals surface area contributed by atoms with E-state index in [2.05, 4.69) is 15.8 Å². The number of nitrogens with zero attached hydrogens (tertiary/aromatic N) is 5. The summed E-state index contributed by atoms with van der Waals surface area (Å²) in [7, 11) is 0. The first-order valence-corrected chi connectivity index (χ1v) is 10.1. The number of anilines is 1. The Balaban J connectivity index is 1.95. The Morgan fingerprint density at radius 3 is 2.83 bits per heavy atom. The van der Waals surface area contributed by atoms with E-state index < -0.39 is 0 Å². The van der Waals surface area contributed by atoms with Crippen LogP contribution < -0.4 is 16.3 Å². The Kier molecular flexibility index (Phi) is 5.12. The van der Waals surface area contributed by atoms with E-state index in [4.69, 9.17) is 17.3 Å². The molecule has 0 spiro atoms. The van der Waals surface area contributed by atoms with Crippen LogP contribution in [0.15, 0.2) is 35.1 Å². The van der Waals surface area contributed by atoms with Gasteiger partial charge in [-0.2, -0.15) is 0 Å². The van der Waals surface area contributed by atoms with Crippen LogP contribution in [0.3, 0.4) is 0 Å². The normalized spacial score (nSPS) is 16.9. The number of benzene rings is 1. The molecule has 0 amide bonds. The number of para-hydroxylation sites is 1. The summed E-state index contributed by atoms with van der Waals surface area (Å²) in [5.41, 5.74) is 11.0. The third kappa shape index (κ3) is 3.40. The second-order valence-electron chi connectivity index (χ2n) is 7.66. The number of fused-ring (bicyclic) bond motifs is 1. The fourth-order valence-electron chi connectivity index (χ4n) is 4.24. The fourth-order valence-corrected chi connectivity index (χ4v) is 4.24. The molecule has 1 saturated heterocycles. The summed E-state index contributed by atoms with van der Waals surface area (Å²) < 4.78 is 3.49. The molecule has 1 aliphatic rings. The Morgan fingerprint density at radius 1 is 1.31 bits per heavy atom. The summed E-state index contributed by atoms with van der Waals surface area (Å²) >= 11 is 0. The topological polar surface area (TPSA) is 73.4 Å². The molecule has 1 atom stereocenters. The maximum atomic E-state index is 13.3. The van der Waals surface area contributed by atoms with Crippen LogP contribution in [0.2, 0.25) is 0 Å². The van der Waals surface area contributed by atoms with Crippen molar-refractivity contribution in [2.24, 2.45) is 5.73 Å². The highest BCUT2D eigenvalue weighted by Crippen LogP contribution is 2.30. The highest BCUT2D eigenvalue weighted by molar-refractivity contribution is 5.87. The van der Waals surface area contributed by atoms with E-state index in [1.807, 2.05) is 32.0 Å². The zero-order valence-electron chi connectivity index (χ0n) is 16.9. The van der Waals surface area contributed by atoms with Gasteiger partial charge in [0.05, 0.1) is 12.3 Å². The monoisotopic (exact) mass is 390 g/mol. The minimum absolute atomic E-state index is 0.0945. The summed E-state index contributed by atoms with van der Waals surface area (Å²) in [5, 5.41) is 0. The van der Waals surface area contributed by atoms with E-state index in [1.165, 1.54) is 0 Å². The Labute approximate surface area is 170 Å². The van der Waals surface area contributed by atoms with Gasteiger partial charge in [-0.05, 0) is 38.3 Å². The fraction of sp³-hybridized carbons (Fsp3) is 0.409. The van der Waals surface area contributed by atoms with Crippen molar-refractivity contribution < 1.29 is 0 Å². The quantitative estimate of drug-likeness (QED) is 0.695. The van der Waals surface area contributed by atoms with Crippen LogP contribution in [0.4, 0.5) is 11.4 Å². The predicted octanol–water partition coefficient (Wildman–Crippen LogP) is 3.05. The number of piperidine rings is 1. The molecule has 29 heavy (non-hydrogen) atoms. The van der Waals surface area contributed by atoms with Gasteiger partial charge in [0.15, 0.2) is 11.3 Å². The molecule has 0 aliphatic carbocycles. The molecule has 4 rings (SSSR count). The van der Waals surface area contributed by atoms with Crippen molar-refractivity contribution in [2.45, 2.75) is 45.8 Å². The van der Waals surface area contributed by atoms with E-state index in [9.17, 15) is 4.79 Å². The average Bonchev–Trinajstić information content (AvgIpc) is 2.98. The number of aryl methyl sites for hydroxylation is 2. The third-order valence-corrected chi connectivity index (χ3v) is 5.62. The van der Waals surface area contributed by atoms with Gasteiger partial charge in [-0.3, -0.25) is 9.13 Å². The van der Waals surface area contributed by atoms with Crippen molar-refractivity contribution in [3.05, 3.63) is 63.5 Å². The standard InChI is InChI=1S/C22H26N6O/c1-4-27-21-20(19(12-15(2)25-21)26-11-7-9-17(23)14-26)28(22(27)29)13-16-8-5-6-10-18(16)24-3/h5-6,8,10,12,17H,4,7,9,11,13-14,23H2,1-2H3/t17-/m1/s1. The second-order valence-corrected chi connectivity index (χ2v) is 7.66. The maximum absolute atomic E-state index is 13.3. The van der Waals surface area contributed by atoms with Gasteiger partial charge in [0.25, 0.3) is 0 Å². The summed E-state index contributed by atoms with van der Waals surface area (Å²) in [5.74, 6) is 0. The van der Waals surface area contributed by atoms with Gasteiger partial charge < -0.3 is 10.6 Å². The minimum atomic E-state index is -0.0945. The molecule has 150 valence electrons. The highest BCUT2D eigenvalue weighted by atomic mass is 16.1. The highest BCUT2D eigenvalue weighted by Gasteiger charge is 2.24. The van der Waals surface area contributed by atoms with Crippen molar-refractivity contribution in [1.29, 1.82) is 0 Å². The summed E-state index contributed by atoms with van der Waals surface area (Å²) in [6.45, 7) is 13.9. The number of nitrogens with two attached hydrogens (primary N) is 1. The summed E-state index contributed by atoms with van der Waals surface area (Å²) in [4.78, 5) is 23.9. The third-order valence-electron chi connectivity index (χ3n) is 5.62.